The van der Waals surface area contributed by atoms with Gasteiger partial charge in [0, 0.05) is 11.8 Å². The zero-order chi connectivity index (χ0) is 8.10. The van der Waals surface area contributed by atoms with E-state index in [-0.39, 0.29) is 0 Å². The predicted molar refractivity (Wildman–Crippen MR) is 53.2 cm³/mol. The lowest BCUT2D eigenvalue weighted by Crippen LogP contribution is -2.36. The Labute approximate surface area is 74.3 Å². The van der Waals surface area contributed by atoms with E-state index in [4.69, 9.17) is 0 Å². The average molecular weight is 173 g/mol. The highest BCUT2D eigenvalue weighted by Crippen LogP contribution is 2.16. The molecule has 11 heavy (non-hydrogen) atoms. The summed E-state index contributed by atoms with van der Waals surface area (Å²) in [6.07, 6.45) is 2.65. The Morgan fingerprint density at radius 2 is 2.45 bits per heavy atom. The summed E-state index contributed by atoms with van der Waals surface area (Å²) in [5.41, 5.74) is 0. The van der Waals surface area contributed by atoms with Crippen molar-refractivity contribution < 1.29 is 0 Å². The molecule has 2 atom stereocenters. The van der Waals surface area contributed by atoms with Crippen molar-refractivity contribution in [1.82, 2.24) is 5.32 Å². The molecule has 0 aromatic heterocycles. The van der Waals surface area contributed by atoms with Gasteiger partial charge < -0.3 is 5.32 Å². The van der Waals surface area contributed by atoms with Crippen molar-refractivity contribution >= 4 is 11.8 Å². The third-order valence-corrected chi connectivity index (χ3v) is 3.67. The topological polar surface area (TPSA) is 12.0 Å². The first-order chi connectivity index (χ1) is 5.34. The van der Waals surface area contributed by atoms with Crippen LogP contribution < -0.4 is 5.32 Å². The molecule has 1 N–H and O–H groups in total. The van der Waals surface area contributed by atoms with Crippen molar-refractivity contribution in [2.75, 3.05) is 18.1 Å². The number of rotatable bonds is 2. The Bertz CT molecular complexity index is 97.7. The number of hydrogen-bond acceptors (Lipinski definition) is 2. The van der Waals surface area contributed by atoms with Crippen LogP contribution in [-0.2, 0) is 0 Å². The predicted octanol–water partition coefficient (Wildman–Crippen LogP) is 2.13. The molecule has 1 fully saturated rings. The van der Waals surface area contributed by atoms with Crippen LogP contribution in [0.2, 0.25) is 0 Å². The monoisotopic (exact) mass is 173 g/mol. The van der Waals surface area contributed by atoms with E-state index >= 15 is 0 Å². The highest BCUT2D eigenvalue weighted by molar-refractivity contribution is 7.99. The van der Waals surface area contributed by atoms with Crippen molar-refractivity contribution in [2.45, 2.75) is 32.7 Å². The molecule has 0 aliphatic carbocycles. The summed E-state index contributed by atoms with van der Waals surface area (Å²) in [5, 5.41) is 3.61. The maximum atomic E-state index is 3.61. The summed E-state index contributed by atoms with van der Waals surface area (Å²) in [7, 11) is 0. The van der Waals surface area contributed by atoms with Gasteiger partial charge >= 0.3 is 0 Å². The minimum atomic E-state index is 0.771. The van der Waals surface area contributed by atoms with E-state index < -0.39 is 0 Å². The van der Waals surface area contributed by atoms with Crippen LogP contribution in [0.3, 0.4) is 0 Å². The van der Waals surface area contributed by atoms with Gasteiger partial charge in [0.15, 0.2) is 0 Å². The van der Waals surface area contributed by atoms with Crippen LogP contribution >= 0.6 is 11.8 Å². The van der Waals surface area contributed by atoms with E-state index in [1.165, 1.54) is 30.9 Å². The number of nitrogens with one attached hydrogen (secondary N) is 1. The van der Waals surface area contributed by atoms with Gasteiger partial charge in [-0.15, -0.1) is 0 Å². The van der Waals surface area contributed by atoms with Crippen molar-refractivity contribution in [1.29, 1.82) is 0 Å². The fourth-order valence-electron chi connectivity index (χ4n) is 1.38. The molecule has 0 aromatic carbocycles. The maximum Gasteiger partial charge on any atom is 0.0183 e. The summed E-state index contributed by atoms with van der Waals surface area (Å²) in [6.45, 7) is 5.85. The first-order valence-electron chi connectivity index (χ1n) is 4.65. The molecule has 1 saturated heterocycles. The second-order valence-electron chi connectivity index (χ2n) is 3.37. The van der Waals surface area contributed by atoms with Crippen LogP contribution in [0.1, 0.15) is 26.7 Å². The third-order valence-electron chi connectivity index (χ3n) is 2.50. The van der Waals surface area contributed by atoms with Gasteiger partial charge in [-0.1, -0.05) is 20.3 Å². The maximum absolute atomic E-state index is 3.61. The van der Waals surface area contributed by atoms with Crippen molar-refractivity contribution in [3.05, 3.63) is 0 Å². The normalized spacial score (nSPS) is 29.5. The molecule has 0 aromatic rings. The molecular formula is C9H19NS. The van der Waals surface area contributed by atoms with Crippen LogP contribution in [0.4, 0.5) is 0 Å². The van der Waals surface area contributed by atoms with Crippen LogP contribution in [0.5, 0.6) is 0 Å². The molecule has 1 nitrogen and oxygen atoms in total. The molecular weight excluding hydrogens is 154 g/mol. The summed E-state index contributed by atoms with van der Waals surface area (Å²) >= 11 is 2.11. The van der Waals surface area contributed by atoms with Gasteiger partial charge in [0.05, 0.1) is 0 Å². The van der Waals surface area contributed by atoms with E-state index in [0.717, 1.165) is 12.0 Å². The van der Waals surface area contributed by atoms with Gasteiger partial charge in [-0.2, -0.15) is 11.8 Å². The summed E-state index contributed by atoms with van der Waals surface area (Å²) in [6, 6.07) is 0.771. The zero-order valence-electron chi connectivity index (χ0n) is 7.60. The molecule has 66 valence electrons. The van der Waals surface area contributed by atoms with Crippen LogP contribution in [0.15, 0.2) is 0 Å². The minimum absolute atomic E-state index is 0.771. The van der Waals surface area contributed by atoms with Gasteiger partial charge in [0.25, 0.3) is 0 Å². The van der Waals surface area contributed by atoms with Crippen LogP contribution in [-0.4, -0.2) is 24.1 Å². The van der Waals surface area contributed by atoms with E-state index in [0.29, 0.717) is 0 Å². The summed E-state index contributed by atoms with van der Waals surface area (Å²) < 4.78 is 0. The highest BCUT2D eigenvalue weighted by atomic mass is 32.2. The second-order valence-corrected chi connectivity index (χ2v) is 4.52. The molecule has 0 bridgehead atoms. The molecule has 2 unspecified atom stereocenters. The third kappa shape index (κ3) is 3.04. The lowest BCUT2D eigenvalue weighted by atomic mass is 10.0. The molecule has 2 heteroatoms. The Morgan fingerprint density at radius 1 is 1.64 bits per heavy atom. The SMILES string of the molecule is CCC(C)C1CSCCCN1. The smallest absolute Gasteiger partial charge is 0.0183 e. The summed E-state index contributed by atoms with van der Waals surface area (Å²) in [5.74, 6) is 3.51. The first-order valence-corrected chi connectivity index (χ1v) is 5.81. The lowest BCUT2D eigenvalue weighted by Gasteiger charge is -2.21. The molecule has 0 spiro atoms. The van der Waals surface area contributed by atoms with Gasteiger partial charge in [0.1, 0.15) is 0 Å². The zero-order valence-corrected chi connectivity index (χ0v) is 8.41. The molecule has 1 rings (SSSR count). The van der Waals surface area contributed by atoms with E-state index in [1.54, 1.807) is 0 Å². The standard InChI is InChI=1S/C9H19NS/c1-3-8(2)9-7-11-6-4-5-10-9/h8-10H,3-7H2,1-2H3. The Balaban J connectivity index is 2.30. The van der Waals surface area contributed by atoms with Gasteiger partial charge in [0.2, 0.25) is 0 Å². The fourth-order valence-corrected chi connectivity index (χ4v) is 2.60. The molecule has 1 aliphatic rings. The Kier molecular flexibility index (Phi) is 4.31. The minimum Gasteiger partial charge on any atom is -0.313 e. The van der Waals surface area contributed by atoms with Gasteiger partial charge in [-0.25, -0.2) is 0 Å². The quantitative estimate of drug-likeness (QED) is 0.686. The Morgan fingerprint density at radius 3 is 3.18 bits per heavy atom. The lowest BCUT2D eigenvalue weighted by molar-refractivity contribution is 0.401. The Hall–Kier alpha value is 0.310. The molecule has 0 amide bonds. The van der Waals surface area contributed by atoms with Crippen LogP contribution in [0.25, 0.3) is 0 Å². The molecule has 1 heterocycles. The molecule has 0 radical (unpaired) electrons. The van der Waals surface area contributed by atoms with Gasteiger partial charge in [-0.3, -0.25) is 0 Å². The van der Waals surface area contributed by atoms with Crippen molar-refractivity contribution in [3.8, 4) is 0 Å². The van der Waals surface area contributed by atoms with Crippen molar-refractivity contribution in [2.24, 2.45) is 5.92 Å². The molecule has 0 saturated carbocycles. The average Bonchev–Trinajstić information content (AvgIpc) is 2.30. The van der Waals surface area contributed by atoms with Gasteiger partial charge in [-0.05, 0) is 24.6 Å². The van der Waals surface area contributed by atoms with Crippen molar-refractivity contribution in [3.63, 3.8) is 0 Å². The van der Waals surface area contributed by atoms with E-state index in [1.807, 2.05) is 0 Å². The number of thioether (sulfide) groups is 1. The molecule has 1 aliphatic heterocycles. The number of hydrogen-bond donors (Lipinski definition) is 1. The van der Waals surface area contributed by atoms with E-state index in [9.17, 15) is 0 Å². The second kappa shape index (κ2) is 5.04. The van der Waals surface area contributed by atoms with Crippen LogP contribution in [0, 0.1) is 5.92 Å². The first kappa shape index (κ1) is 9.40. The fraction of sp³-hybridized carbons (Fsp3) is 1.00. The largest absolute Gasteiger partial charge is 0.313 e. The summed E-state index contributed by atoms with van der Waals surface area (Å²) in [4.78, 5) is 0. The highest BCUT2D eigenvalue weighted by Gasteiger charge is 2.16. The van der Waals surface area contributed by atoms with E-state index in [2.05, 4.69) is 30.9 Å².